The summed E-state index contributed by atoms with van der Waals surface area (Å²) in [4.78, 5) is 2.37. The fraction of sp³-hybridized carbons (Fsp3) is 0.600. The molecule has 0 radical (unpaired) electrons. The van der Waals surface area contributed by atoms with Gasteiger partial charge in [-0.25, -0.2) is 0 Å². The Bertz CT molecular complexity index is 378. The van der Waals surface area contributed by atoms with Gasteiger partial charge in [-0.1, -0.05) is 24.3 Å². The van der Waals surface area contributed by atoms with Gasteiger partial charge in [0.15, 0.2) is 0 Å². The summed E-state index contributed by atoms with van der Waals surface area (Å²) in [7, 11) is 5.86. The Morgan fingerprint density at radius 2 is 2.11 bits per heavy atom. The lowest BCUT2D eigenvalue weighted by atomic mass is 9.97. The minimum atomic E-state index is 0.206. The van der Waals surface area contributed by atoms with Crippen LogP contribution in [-0.2, 0) is 16.1 Å². The zero-order chi connectivity index (χ0) is 13.7. The van der Waals surface area contributed by atoms with Crippen molar-refractivity contribution in [2.45, 2.75) is 18.8 Å². The molecule has 0 amide bonds. The third-order valence-electron chi connectivity index (χ3n) is 3.64. The van der Waals surface area contributed by atoms with Gasteiger partial charge in [0.1, 0.15) is 0 Å². The first-order chi connectivity index (χ1) is 9.26. The summed E-state index contributed by atoms with van der Waals surface area (Å²) in [5, 5.41) is 3.22. The topological polar surface area (TPSA) is 33.7 Å². The predicted octanol–water partition coefficient (Wildman–Crippen LogP) is 1.42. The van der Waals surface area contributed by atoms with Gasteiger partial charge >= 0.3 is 0 Å². The number of likely N-dealkylation sites (N-methyl/N-ethyl adjacent to an activating group) is 2. The van der Waals surface area contributed by atoms with Crippen molar-refractivity contribution in [3.05, 3.63) is 35.4 Å². The summed E-state index contributed by atoms with van der Waals surface area (Å²) in [5.74, 6) is 0. The van der Waals surface area contributed by atoms with Crippen molar-refractivity contribution < 1.29 is 9.47 Å². The monoisotopic (exact) mass is 264 g/mol. The predicted molar refractivity (Wildman–Crippen MR) is 76.2 cm³/mol. The molecule has 4 nitrogen and oxygen atoms in total. The molecule has 2 rings (SSSR count). The molecule has 0 saturated carbocycles. The first-order valence-corrected chi connectivity index (χ1v) is 6.80. The number of hydrogen-bond acceptors (Lipinski definition) is 4. The number of rotatable bonds is 5. The molecule has 0 aromatic heterocycles. The van der Waals surface area contributed by atoms with Gasteiger partial charge in [0.25, 0.3) is 0 Å². The summed E-state index contributed by atoms with van der Waals surface area (Å²) < 4.78 is 11.1. The summed E-state index contributed by atoms with van der Waals surface area (Å²) in [6.45, 7) is 3.32. The highest BCUT2D eigenvalue weighted by Gasteiger charge is 2.30. The van der Waals surface area contributed by atoms with Crippen LogP contribution in [0, 0.1) is 0 Å². The first-order valence-electron chi connectivity index (χ1n) is 6.80. The normalized spacial score (nSPS) is 24.6. The molecule has 1 aliphatic heterocycles. The SMILES string of the molecule is CNCC1OCCN(C)C1c1ccc(COC)cc1. The van der Waals surface area contributed by atoms with E-state index in [1.807, 2.05) is 7.05 Å². The summed E-state index contributed by atoms with van der Waals surface area (Å²) in [6.07, 6.45) is 0.206. The summed E-state index contributed by atoms with van der Waals surface area (Å²) >= 11 is 0. The van der Waals surface area contributed by atoms with E-state index < -0.39 is 0 Å². The maximum Gasteiger partial charge on any atom is 0.0896 e. The van der Waals surface area contributed by atoms with Gasteiger partial charge < -0.3 is 14.8 Å². The van der Waals surface area contributed by atoms with E-state index in [0.717, 1.165) is 19.7 Å². The fourth-order valence-electron chi connectivity index (χ4n) is 2.68. The Balaban J connectivity index is 2.15. The highest BCUT2D eigenvalue weighted by molar-refractivity contribution is 5.26. The van der Waals surface area contributed by atoms with Crippen LogP contribution in [0.15, 0.2) is 24.3 Å². The molecule has 4 heteroatoms. The Labute approximate surface area is 115 Å². The number of methoxy groups -OCH3 is 1. The van der Waals surface area contributed by atoms with Crippen LogP contribution in [-0.4, -0.2) is 51.9 Å². The molecule has 2 unspecified atom stereocenters. The van der Waals surface area contributed by atoms with Crippen molar-refractivity contribution in [3.8, 4) is 0 Å². The quantitative estimate of drug-likeness (QED) is 0.872. The van der Waals surface area contributed by atoms with Crippen molar-refractivity contribution in [2.24, 2.45) is 0 Å². The second-order valence-electron chi connectivity index (χ2n) is 5.07. The molecule has 19 heavy (non-hydrogen) atoms. The number of nitrogens with zero attached hydrogens (tertiary/aromatic N) is 1. The fourth-order valence-corrected chi connectivity index (χ4v) is 2.68. The molecule has 1 aromatic rings. The van der Waals surface area contributed by atoms with Gasteiger partial charge in [-0.2, -0.15) is 0 Å². The van der Waals surface area contributed by atoms with Gasteiger partial charge in [-0.3, -0.25) is 4.90 Å². The highest BCUT2D eigenvalue weighted by atomic mass is 16.5. The number of benzene rings is 1. The molecule has 2 atom stereocenters. The molecule has 1 saturated heterocycles. The van der Waals surface area contributed by atoms with E-state index in [2.05, 4.69) is 41.5 Å². The molecular formula is C15H24N2O2. The third kappa shape index (κ3) is 3.54. The van der Waals surface area contributed by atoms with E-state index in [4.69, 9.17) is 9.47 Å². The van der Waals surface area contributed by atoms with E-state index in [-0.39, 0.29) is 6.10 Å². The van der Waals surface area contributed by atoms with Gasteiger partial charge in [-0.15, -0.1) is 0 Å². The first kappa shape index (κ1) is 14.5. The minimum absolute atomic E-state index is 0.206. The average molecular weight is 264 g/mol. The van der Waals surface area contributed by atoms with Crippen LogP contribution < -0.4 is 5.32 Å². The Morgan fingerprint density at radius 1 is 1.37 bits per heavy atom. The third-order valence-corrected chi connectivity index (χ3v) is 3.64. The lowest BCUT2D eigenvalue weighted by Crippen LogP contribution is -2.46. The maximum absolute atomic E-state index is 5.90. The largest absolute Gasteiger partial charge is 0.380 e. The van der Waals surface area contributed by atoms with Crippen molar-refractivity contribution in [3.63, 3.8) is 0 Å². The van der Waals surface area contributed by atoms with Crippen LogP contribution in [0.3, 0.4) is 0 Å². The van der Waals surface area contributed by atoms with E-state index in [1.54, 1.807) is 7.11 Å². The Hall–Kier alpha value is -0.940. The smallest absolute Gasteiger partial charge is 0.0896 e. The van der Waals surface area contributed by atoms with Gasteiger partial charge in [0.05, 0.1) is 25.4 Å². The summed E-state index contributed by atoms with van der Waals surface area (Å²) in [6, 6.07) is 8.97. The van der Waals surface area contributed by atoms with Crippen molar-refractivity contribution >= 4 is 0 Å². The van der Waals surface area contributed by atoms with Crippen LogP contribution in [0.2, 0.25) is 0 Å². The Morgan fingerprint density at radius 3 is 2.74 bits per heavy atom. The molecule has 1 fully saturated rings. The molecule has 0 spiro atoms. The van der Waals surface area contributed by atoms with Gasteiger partial charge in [0, 0.05) is 20.2 Å². The molecule has 0 aliphatic carbocycles. The van der Waals surface area contributed by atoms with Crippen molar-refractivity contribution in [1.29, 1.82) is 0 Å². The number of hydrogen-bond donors (Lipinski definition) is 1. The average Bonchev–Trinajstić information content (AvgIpc) is 2.41. The molecule has 1 N–H and O–H groups in total. The van der Waals surface area contributed by atoms with E-state index in [1.165, 1.54) is 11.1 Å². The van der Waals surface area contributed by atoms with Crippen molar-refractivity contribution in [1.82, 2.24) is 10.2 Å². The van der Waals surface area contributed by atoms with E-state index in [9.17, 15) is 0 Å². The molecule has 1 aromatic carbocycles. The number of nitrogens with one attached hydrogen (secondary N) is 1. The molecule has 1 heterocycles. The minimum Gasteiger partial charge on any atom is -0.380 e. The van der Waals surface area contributed by atoms with Crippen LogP contribution in [0.1, 0.15) is 17.2 Å². The maximum atomic E-state index is 5.90. The van der Waals surface area contributed by atoms with E-state index in [0.29, 0.717) is 12.6 Å². The summed E-state index contributed by atoms with van der Waals surface area (Å²) in [5.41, 5.74) is 2.51. The molecule has 106 valence electrons. The van der Waals surface area contributed by atoms with Crippen molar-refractivity contribution in [2.75, 3.05) is 40.9 Å². The van der Waals surface area contributed by atoms with Gasteiger partial charge in [0.2, 0.25) is 0 Å². The molecule has 0 bridgehead atoms. The number of ether oxygens (including phenoxy) is 2. The van der Waals surface area contributed by atoms with Crippen LogP contribution in [0.5, 0.6) is 0 Å². The zero-order valence-corrected chi connectivity index (χ0v) is 12.1. The zero-order valence-electron chi connectivity index (χ0n) is 12.1. The van der Waals surface area contributed by atoms with Crippen LogP contribution in [0.25, 0.3) is 0 Å². The lowest BCUT2D eigenvalue weighted by Gasteiger charge is -2.39. The highest BCUT2D eigenvalue weighted by Crippen LogP contribution is 2.28. The van der Waals surface area contributed by atoms with E-state index >= 15 is 0 Å². The Kier molecular flexibility index (Phi) is 5.34. The molecule has 1 aliphatic rings. The number of morpholine rings is 1. The van der Waals surface area contributed by atoms with Crippen LogP contribution in [0.4, 0.5) is 0 Å². The lowest BCUT2D eigenvalue weighted by molar-refractivity contribution is -0.0606. The van der Waals surface area contributed by atoms with Crippen LogP contribution >= 0.6 is 0 Å². The molecular weight excluding hydrogens is 240 g/mol. The standard InChI is InChI=1S/C15H24N2O2/c1-16-10-14-15(17(2)8-9-19-14)13-6-4-12(5-7-13)11-18-3/h4-7,14-16H,8-11H2,1-3H3. The second-order valence-corrected chi connectivity index (χ2v) is 5.07. The van der Waals surface area contributed by atoms with Gasteiger partial charge in [-0.05, 0) is 25.2 Å². The second kappa shape index (κ2) is 7.01.